The second-order valence-electron chi connectivity index (χ2n) is 5.73. The van der Waals surface area contributed by atoms with Crippen LogP contribution in [0.15, 0.2) is 11.7 Å². The molecule has 0 aromatic carbocycles. The molecule has 1 N–H and O–H groups in total. The van der Waals surface area contributed by atoms with Crippen molar-refractivity contribution in [3.63, 3.8) is 0 Å². The van der Waals surface area contributed by atoms with Crippen molar-refractivity contribution in [2.24, 2.45) is 5.92 Å². The van der Waals surface area contributed by atoms with E-state index in [9.17, 15) is 0 Å². The summed E-state index contributed by atoms with van der Waals surface area (Å²) in [5.41, 5.74) is 3.13. The first kappa shape index (κ1) is 15.1. The van der Waals surface area contributed by atoms with E-state index in [-0.39, 0.29) is 0 Å². The topological polar surface area (TPSA) is 41.1 Å². The smallest absolute Gasteiger partial charge is 0.0897 e. The molecular formula is C15H22N4S2. The number of thiazole rings is 2. The number of aromatic nitrogens is 2. The first-order chi connectivity index (χ1) is 10.2. The summed E-state index contributed by atoms with van der Waals surface area (Å²) in [7, 11) is 0. The lowest BCUT2D eigenvalue weighted by atomic mass is 10.1. The predicted molar refractivity (Wildman–Crippen MR) is 88.8 cm³/mol. The molecule has 1 atom stereocenters. The first-order valence-electron chi connectivity index (χ1n) is 7.44. The van der Waals surface area contributed by atoms with Crippen LogP contribution in [0.25, 0.3) is 0 Å². The van der Waals surface area contributed by atoms with Crippen LogP contribution < -0.4 is 5.32 Å². The van der Waals surface area contributed by atoms with Gasteiger partial charge in [0.1, 0.15) is 0 Å². The highest BCUT2D eigenvalue weighted by Crippen LogP contribution is 2.21. The number of nitrogens with zero attached hydrogens (tertiary/aromatic N) is 3. The van der Waals surface area contributed by atoms with Crippen molar-refractivity contribution in [1.29, 1.82) is 0 Å². The van der Waals surface area contributed by atoms with Crippen molar-refractivity contribution in [3.05, 3.63) is 32.2 Å². The molecule has 21 heavy (non-hydrogen) atoms. The van der Waals surface area contributed by atoms with Crippen LogP contribution >= 0.6 is 22.7 Å². The van der Waals surface area contributed by atoms with E-state index in [0.717, 1.165) is 43.6 Å². The van der Waals surface area contributed by atoms with Gasteiger partial charge in [-0.15, -0.1) is 22.7 Å². The zero-order chi connectivity index (χ0) is 14.7. The molecule has 3 rings (SSSR count). The summed E-state index contributed by atoms with van der Waals surface area (Å²) in [6.07, 6.45) is 3.32. The van der Waals surface area contributed by atoms with Gasteiger partial charge in [-0.3, -0.25) is 4.90 Å². The zero-order valence-corrected chi connectivity index (χ0v) is 14.3. The van der Waals surface area contributed by atoms with Crippen molar-refractivity contribution < 1.29 is 0 Å². The fraction of sp³-hybridized carbons (Fsp3) is 0.600. The van der Waals surface area contributed by atoms with Gasteiger partial charge in [-0.2, -0.15) is 0 Å². The summed E-state index contributed by atoms with van der Waals surface area (Å²) in [6, 6.07) is 0. The summed E-state index contributed by atoms with van der Waals surface area (Å²) < 4.78 is 0. The molecule has 0 bridgehead atoms. The normalized spacial score (nSPS) is 18.7. The van der Waals surface area contributed by atoms with Gasteiger partial charge in [0.25, 0.3) is 0 Å². The number of aryl methyl sites for hydroxylation is 2. The summed E-state index contributed by atoms with van der Waals surface area (Å²) in [6.45, 7) is 9.66. The highest BCUT2D eigenvalue weighted by molar-refractivity contribution is 7.11. The lowest BCUT2D eigenvalue weighted by molar-refractivity contribution is 0.224. The van der Waals surface area contributed by atoms with Crippen LogP contribution in [-0.4, -0.2) is 34.5 Å². The van der Waals surface area contributed by atoms with Crippen molar-refractivity contribution in [2.75, 3.05) is 19.6 Å². The maximum Gasteiger partial charge on any atom is 0.0897 e. The molecule has 0 aliphatic carbocycles. The summed E-state index contributed by atoms with van der Waals surface area (Å²) in [5.74, 6) is 0.771. The maximum atomic E-state index is 4.39. The van der Waals surface area contributed by atoms with Crippen LogP contribution in [0.3, 0.4) is 0 Å². The van der Waals surface area contributed by atoms with Crippen molar-refractivity contribution in [3.8, 4) is 0 Å². The molecule has 0 amide bonds. The van der Waals surface area contributed by atoms with Gasteiger partial charge in [0.2, 0.25) is 0 Å². The second-order valence-corrected chi connectivity index (χ2v) is 7.99. The van der Waals surface area contributed by atoms with E-state index in [2.05, 4.69) is 34.0 Å². The molecule has 3 heterocycles. The van der Waals surface area contributed by atoms with E-state index in [4.69, 9.17) is 0 Å². The lowest BCUT2D eigenvalue weighted by Gasteiger charge is -2.24. The maximum absolute atomic E-state index is 4.39. The van der Waals surface area contributed by atoms with E-state index >= 15 is 0 Å². The van der Waals surface area contributed by atoms with Gasteiger partial charge in [0.05, 0.1) is 16.2 Å². The van der Waals surface area contributed by atoms with Gasteiger partial charge in [-0.1, -0.05) is 0 Å². The monoisotopic (exact) mass is 322 g/mol. The fourth-order valence-corrected chi connectivity index (χ4v) is 4.46. The van der Waals surface area contributed by atoms with Crippen molar-refractivity contribution >= 4 is 22.7 Å². The van der Waals surface area contributed by atoms with Crippen molar-refractivity contribution in [2.45, 2.75) is 33.4 Å². The summed E-state index contributed by atoms with van der Waals surface area (Å²) in [5, 5.41) is 4.62. The molecule has 2 aromatic rings. The van der Waals surface area contributed by atoms with Crippen LogP contribution in [0.2, 0.25) is 0 Å². The number of rotatable bonds is 6. The van der Waals surface area contributed by atoms with Gasteiger partial charge in [0.15, 0.2) is 0 Å². The third kappa shape index (κ3) is 4.10. The Kier molecular flexibility index (Phi) is 5.00. The Morgan fingerprint density at radius 1 is 1.33 bits per heavy atom. The Morgan fingerprint density at radius 2 is 2.24 bits per heavy atom. The van der Waals surface area contributed by atoms with E-state index in [0.29, 0.717) is 0 Å². The summed E-state index contributed by atoms with van der Waals surface area (Å²) >= 11 is 3.58. The standard InChI is InChI=1S/C15H22N4S2/c1-11-15(20-10-18-11)9-19(7-13-3-4-16-5-13)8-14-6-17-12(2)21-14/h6,10,13,16H,3-5,7-9H2,1-2H3/t13-/m0/s1. The number of hydrogen-bond donors (Lipinski definition) is 1. The SMILES string of the molecule is Cc1ncc(CN(Cc2scnc2C)C[C@H]2CCNC2)s1. The highest BCUT2D eigenvalue weighted by atomic mass is 32.1. The molecule has 2 aromatic heterocycles. The van der Waals surface area contributed by atoms with E-state index in [1.54, 1.807) is 11.3 Å². The summed E-state index contributed by atoms with van der Waals surface area (Å²) in [4.78, 5) is 14.1. The molecular weight excluding hydrogens is 300 g/mol. The second kappa shape index (κ2) is 6.96. The van der Waals surface area contributed by atoms with Gasteiger partial charge in [-0.05, 0) is 39.3 Å². The van der Waals surface area contributed by atoms with Crippen LogP contribution in [0.1, 0.15) is 26.9 Å². The van der Waals surface area contributed by atoms with E-state index in [1.807, 2.05) is 23.0 Å². The minimum atomic E-state index is 0.771. The Bertz CT molecular complexity index is 572. The molecule has 0 spiro atoms. The van der Waals surface area contributed by atoms with Crippen LogP contribution in [0.5, 0.6) is 0 Å². The predicted octanol–water partition coefficient (Wildman–Crippen LogP) is 2.83. The Hall–Kier alpha value is -0.820. The van der Waals surface area contributed by atoms with E-state index < -0.39 is 0 Å². The van der Waals surface area contributed by atoms with Gasteiger partial charge < -0.3 is 5.32 Å². The third-order valence-corrected chi connectivity index (χ3v) is 5.76. The molecule has 0 unspecified atom stereocenters. The average Bonchev–Trinajstić information content (AvgIpc) is 3.16. The Morgan fingerprint density at radius 3 is 2.86 bits per heavy atom. The van der Waals surface area contributed by atoms with Crippen molar-refractivity contribution in [1.82, 2.24) is 20.2 Å². The Balaban J connectivity index is 1.68. The largest absolute Gasteiger partial charge is 0.316 e. The van der Waals surface area contributed by atoms with Crippen LogP contribution in [-0.2, 0) is 13.1 Å². The molecule has 114 valence electrons. The molecule has 0 radical (unpaired) electrons. The van der Waals surface area contributed by atoms with Gasteiger partial charge in [0, 0.05) is 35.6 Å². The number of nitrogens with one attached hydrogen (secondary N) is 1. The lowest BCUT2D eigenvalue weighted by Crippen LogP contribution is -2.29. The first-order valence-corrected chi connectivity index (χ1v) is 9.13. The van der Waals surface area contributed by atoms with Gasteiger partial charge >= 0.3 is 0 Å². The molecule has 1 aliphatic heterocycles. The molecule has 1 aliphatic rings. The third-order valence-electron chi connectivity index (χ3n) is 3.94. The molecule has 0 saturated carbocycles. The van der Waals surface area contributed by atoms with Gasteiger partial charge in [-0.25, -0.2) is 9.97 Å². The minimum Gasteiger partial charge on any atom is -0.316 e. The molecule has 6 heteroatoms. The highest BCUT2D eigenvalue weighted by Gasteiger charge is 2.20. The molecule has 1 saturated heterocycles. The molecule has 4 nitrogen and oxygen atoms in total. The Labute approximate surface area is 134 Å². The zero-order valence-electron chi connectivity index (χ0n) is 12.6. The van der Waals surface area contributed by atoms with Crippen LogP contribution in [0, 0.1) is 19.8 Å². The fourth-order valence-electron chi connectivity index (χ4n) is 2.80. The van der Waals surface area contributed by atoms with E-state index in [1.165, 1.54) is 21.9 Å². The number of hydrogen-bond acceptors (Lipinski definition) is 6. The molecule has 1 fully saturated rings. The minimum absolute atomic E-state index is 0.771. The van der Waals surface area contributed by atoms with Crippen LogP contribution in [0.4, 0.5) is 0 Å². The quantitative estimate of drug-likeness (QED) is 0.888. The average molecular weight is 323 g/mol.